The maximum absolute atomic E-state index is 11.7. The van der Waals surface area contributed by atoms with E-state index in [4.69, 9.17) is 39.5 Å². The molecule has 0 atom stereocenters. The van der Waals surface area contributed by atoms with E-state index in [0.29, 0.717) is 26.7 Å². The van der Waals surface area contributed by atoms with Crippen molar-refractivity contribution in [1.82, 2.24) is 5.43 Å². The summed E-state index contributed by atoms with van der Waals surface area (Å²) in [7, 11) is 0. The summed E-state index contributed by atoms with van der Waals surface area (Å²) in [6.07, 6.45) is 7.81. The Morgan fingerprint density at radius 3 is 2.59 bits per heavy atom. The van der Waals surface area contributed by atoms with E-state index in [1.54, 1.807) is 0 Å². The zero-order chi connectivity index (χ0) is 15.9. The predicted molar refractivity (Wildman–Crippen MR) is 90.2 cm³/mol. The fraction of sp³-hybridized carbons (Fsp3) is 0.467. The standard InChI is InChI=1S/C15H17Cl3N2O2/c16-11-6-13(18)14(7-12(11)17)22-9-15(21)20-19-8-10-4-2-1-3-5-10/h6-8,10H,1-5,9H2,(H,20,21)/b19-8+. The van der Waals surface area contributed by atoms with Crippen LogP contribution in [-0.4, -0.2) is 18.7 Å². The van der Waals surface area contributed by atoms with Crippen LogP contribution in [0.3, 0.4) is 0 Å². The molecule has 2 rings (SSSR count). The van der Waals surface area contributed by atoms with Crippen LogP contribution in [0, 0.1) is 5.92 Å². The third-order valence-electron chi connectivity index (χ3n) is 3.46. The van der Waals surface area contributed by atoms with Gasteiger partial charge in [0.1, 0.15) is 5.75 Å². The van der Waals surface area contributed by atoms with Crippen molar-refractivity contribution in [2.24, 2.45) is 11.0 Å². The number of carbonyl (C=O) groups excluding carboxylic acids is 1. The van der Waals surface area contributed by atoms with Crippen molar-refractivity contribution in [3.8, 4) is 5.75 Å². The summed E-state index contributed by atoms with van der Waals surface area (Å²) < 4.78 is 5.32. The van der Waals surface area contributed by atoms with Crippen molar-refractivity contribution in [3.05, 3.63) is 27.2 Å². The average molecular weight is 364 g/mol. The molecule has 1 fully saturated rings. The first-order valence-corrected chi connectivity index (χ1v) is 8.29. The van der Waals surface area contributed by atoms with Gasteiger partial charge < -0.3 is 4.74 Å². The lowest BCUT2D eigenvalue weighted by molar-refractivity contribution is -0.123. The van der Waals surface area contributed by atoms with Crippen molar-refractivity contribution >= 4 is 46.9 Å². The van der Waals surface area contributed by atoms with Gasteiger partial charge in [0.2, 0.25) is 0 Å². The van der Waals surface area contributed by atoms with Gasteiger partial charge >= 0.3 is 0 Å². The van der Waals surface area contributed by atoms with Gasteiger partial charge in [-0.25, -0.2) is 5.43 Å². The molecular formula is C15H17Cl3N2O2. The van der Waals surface area contributed by atoms with Gasteiger partial charge in [-0.05, 0) is 24.8 Å². The summed E-state index contributed by atoms with van der Waals surface area (Å²) in [6, 6.07) is 2.95. The maximum Gasteiger partial charge on any atom is 0.277 e. The van der Waals surface area contributed by atoms with Gasteiger partial charge in [-0.1, -0.05) is 54.1 Å². The summed E-state index contributed by atoms with van der Waals surface area (Å²) in [4.78, 5) is 11.7. The third kappa shape index (κ3) is 5.34. The van der Waals surface area contributed by atoms with Gasteiger partial charge in [0, 0.05) is 12.3 Å². The van der Waals surface area contributed by atoms with Crippen LogP contribution in [0.5, 0.6) is 5.75 Å². The second-order valence-corrected chi connectivity index (χ2v) is 6.42. The summed E-state index contributed by atoms with van der Waals surface area (Å²) in [5.41, 5.74) is 2.45. The molecule has 0 aliphatic heterocycles. The van der Waals surface area contributed by atoms with Gasteiger partial charge in [0.15, 0.2) is 6.61 Å². The van der Waals surface area contributed by atoms with Crippen LogP contribution in [0.2, 0.25) is 15.1 Å². The van der Waals surface area contributed by atoms with E-state index in [-0.39, 0.29) is 12.5 Å². The molecule has 7 heteroatoms. The average Bonchev–Trinajstić information content (AvgIpc) is 2.50. The first-order valence-electron chi connectivity index (χ1n) is 7.15. The molecule has 1 amide bonds. The van der Waals surface area contributed by atoms with Crippen LogP contribution in [0.15, 0.2) is 17.2 Å². The number of hydrazone groups is 1. The predicted octanol–water partition coefficient (Wildman–Crippen LogP) is 4.71. The molecule has 0 spiro atoms. The topological polar surface area (TPSA) is 50.7 Å². The molecule has 1 aliphatic carbocycles. The van der Waals surface area contributed by atoms with E-state index in [0.717, 1.165) is 12.8 Å². The molecule has 22 heavy (non-hydrogen) atoms. The van der Waals surface area contributed by atoms with Gasteiger partial charge in [0.05, 0.1) is 15.1 Å². The highest BCUT2D eigenvalue weighted by atomic mass is 35.5. The summed E-state index contributed by atoms with van der Waals surface area (Å²) >= 11 is 17.7. The number of benzene rings is 1. The number of nitrogens with zero attached hydrogens (tertiary/aromatic N) is 1. The monoisotopic (exact) mass is 362 g/mol. The zero-order valence-corrected chi connectivity index (χ0v) is 14.2. The fourth-order valence-corrected chi connectivity index (χ4v) is 2.88. The number of ether oxygens (including phenoxy) is 1. The number of hydrogen-bond acceptors (Lipinski definition) is 3. The summed E-state index contributed by atoms with van der Waals surface area (Å²) in [6.45, 7) is -0.195. The molecule has 0 saturated heterocycles. The normalized spacial score (nSPS) is 16.0. The minimum absolute atomic E-state index is 0.195. The molecule has 4 nitrogen and oxygen atoms in total. The number of nitrogens with one attached hydrogen (secondary N) is 1. The Labute approximate surface area is 144 Å². The molecule has 0 radical (unpaired) electrons. The quantitative estimate of drug-likeness (QED) is 0.468. The SMILES string of the molecule is O=C(COc1cc(Cl)c(Cl)cc1Cl)N/N=C/C1CCCCC1. The number of hydrogen-bond donors (Lipinski definition) is 1. The molecular weight excluding hydrogens is 347 g/mol. The number of carbonyl (C=O) groups is 1. The minimum Gasteiger partial charge on any atom is -0.482 e. The smallest absolute Gasteiger partial charge is 0.277 e. The second kappa shape index (κ2) is 8.61. The van der Waals surface area contributed by atoms with Gasteiger partial charge in [-0.2, -0.15) is 5.10 Å². The Hall–Kier alpha value is -0.970. The molecule has 0 heterocycles. The zero-order valence-electron chi connectivity index (χ0n) is 11.9. The lowest BCUT2D eigenvalue weighted by atomic mass is 9.90. The second-order valence-electron chi connectivity index (χ2n) is 5.20. The maximum atomic E-state index is 11.7. The molecule has 1 saturated carbocycles. The first-order chi connectivity index (χ1) is 10.6. The van der Waals surface area contributed by atoms with E-state index in [9.17, 15) is 4.79 Å². The Morgan fingerprint density at radius 2 is 1.86 bits per heavy atom. The van der Waals surface area contributed by atoms with Crippen molar-refractivity contribution in [2.45, 2.75) is 32.1 Å². The van der Waals surface area contributed by atoms with Gasteiger partial charge in [-0.3, -0.25) is 4.79 Å². The Kier molecular flexibility index (Phi) is 6.80. The highest BCUT2D eigenvalue weighted by Crippen LogP contribution is 2.33. The van der Waals surface area contributed by atoms with Crippen molar-refractivity contribution < 1.29 is 9.53 Å². The fourth-order valence-electron chi connectivity index (χ4n) is 2.29. The first kappa shape index (κ1) is 17.4. The number of halogens is 3. The molecule has 0 aromatic heterocycles. The lowest BCUT2D eigenvalue weighted by Crippen LogP contribution is -2.25. The van der Waals surface area contributed by atoms with E-state index in [1.807, 2.05) is 6.21 Å². The van der Waals surface area contributed by atoms with Crippen LogP contribution in [-0.2, 0) is 4.79 Å². The molecule has 1 aromatic carbocycles. The lowest BCUT2D eigenvalue weighted by Gasteiger charge is -2.16. The van der Waals surface area contributed by atoms with Crippen molar-refractivity contribution in [2.75, 3.05) is 6.61 Å². The van der Waals surface area contributed by atoms with E-state index < -0.39 is 0 Å². The van der Waals surface area contributed by atoms with Crippen LogP contribution >= 0.6 is 34.8 Å². The minimum atomic E-state index is -0.353. The molecule has 0 bridgehead atoms. The van der Waals surface area contributed by atoms with Gasteiger partial charge in [-0.15, -0.1) is 0 Å². The molecule has 1 aliphatic rings. The number of amides is 1. The van der Waals surface area contributed by atoms with Crippen LogP contribution in [0.1, 0.15) is 32.1 Å². The largest absolute Gasteiger partial charge is 0.482 e. The van der Waals surface area contributed by atoms with Crippen LogP contribution in [0.25, 0.3) is 0 Å². The molecule has 120 valence electrons. The highest BCUT2D eigenvalue weighted by molar-refractivity contribution is 6.43. The third-order valence-corrected chi connectivity index (χ3v) is 4.48. The molecule has 0 unspecified atom stereocenters. The van der Waals surface area contributed by atoms with E-state index in [2.05, 4.69) is 10.5 Å². The van der Waals surface area contributed by atoms with Crippen LogP contribution < -0.4 is 10.2 Å². The molecule has 1 N–H and O–H groups in total. The number of rotatable bonds is 5. The van der Waals surface area contributed by atoms with E-state index in [1.165, 1.54) is 31.4 Å². The molecule has 1 aromatic rings. The van der Waals surface area contributed by atoms with Crippen LogP contribution in [0.4, 0.5) is 0 Å². The Bertz CT molecular complexity index is 558. The van der Waals surface area contributed by atoms with Crippen molar-refractivity contribution in [3.63, 3.8) is 0 Å². The Balaban J connectivity index is 1.78. The highest BCUT2D eigenvalue weighted by Gasteiger charge is 2.11. The van der Waals surface area contributed by atoms with E-state index >= 15 is 0 Å². The summed E-state index contributed by atoms with van der Waals surface area (Å²) in [5, 5.41) is 4.93. The van der Waals surface area contributed by atoms with Crippen molar-refractivity contribution in [1.29, 1.82) is 0 Å². The van der Waals surface area contributed by atoms with Gasteiger partial charge in [0.25, 0.3) is 5.91 Å². The summed E-state index contributed by atoms with van der Waals surface area (Å²) in [5.74, 6) is 0.413. The Morgan fingerprint density at radius 1 is 1.18 bits per heavy atom.